The second-order valence-electron chi connectivity index (χ2n) is 5.68. The fourth-order valence-electron chi connectivity index (χ4n) is 2.66. The molecule has 1 atom stereocenters. The van der Waals surface area contributed by atoms with E-state index in [0.717, 1.165) is 19.4 Å². The van der Waals surface area contributed by atoms with E-state index in [1.807, 2.05) is 23.1 Å². The summed E-state index contributed by atoms with van der Waals surface area (Å²) >= 11 is 6.11. The van der Waals surface area contributed by atoms with Crippen LogP contribution in [0.5, 0.6) is 5.75 Å². The summed E-state index contributed by atoms with van der Waals surface area (Å²) in [7, 11) is 1.60. The first-order chi connectivity index (χ1) is 11.1. The molecule has 2 amide bonds. The van der Waals surface area contributed by atoms with Crippen LogP contribution in [0.15, 0.2) is 24.3 Å². The molecule has 0 aromatic heterocycles. The molecule has 1 aliphatic heterocycles. The number of ether oxygens (including phenoxy) is 1. The molecule has 1 aliphatic rings. The molecule has 1 aromatic carbocycles. The number of carbonyl (C=O) groups is 2. The molecule has 1 saturated heterocycles. The Morgan fingerprint density at radius 1 is 1.35 bits per heavy atom. The highest BCUT2D eigenvalue weighted by Crippen LogP contribution is 2.26. The Morgan fingerprint density at radius 2 is 2.13 bits per heavy atom. The molecule has 0 radical (unpaired) electrons. The van der Waals surface area contributed by atoms with Gasteiger partial charge in [0.15, 0.2) is 0 Å². The van der Waals surface area contributed by atoms with Crippen LogP contribution in [0.2, 0.25) is 5.02 Å². The standard InChI is InChI=1S/C17H23ClN2O3/c1-19-16(21)9-4-10-17(22)20-11-5-6-13(12-20)23-15-8-3-2-7-14(15)18/h2-3,7-8,13H,4-6,9-12H2,1H3,(H,19,21)/t13-/m1/s1. The van der Waals surface area contributed by atoms with Crippen molar-refractivity contribution >= 4 is 23.4 Å². The Labute approximate surface area is 141 Å². The molecule has 0 unspecified atom stereocenters. The summed E-state index contributed by atoms with van der Waals surface area (Å²) in [5, 5.41) is 3.15. The lowest BCUT2D eigenvalue weighted by atomic mass is 10.1. The highest BCUT2D eigenvalue weighted by atomic mass is 35.5. The number of para-hydroxylation sites is 1. The van der Waals surface area contributed by atoms with Gasteiger partial charge in [-0.25, -0.2) is 0 Å². The topological polar surface area (TPSA) is 58.6 Å². The maximum Gasteiger partial charge on any atom is 0.222 e. The van der Waals surface area contributed by atoms with E-state index >= 15 is 0 Å². The van der Waals surface area contributed by atoms with Crippen LogP contribution in [0.3, 0.4) is 0 Å². The molecular formula is C17H23ClN2O3. The number of nitrogens with zero attached hydrogens (tertiary/aromatic N) is 1. The average Bonchev–Trinajstić information content (AvgIpc) is 2.57. The predicted octanol–water partition coefficient (Wildman–Crippen LogP) is 2.63. The van der Waals surface area contributed by atoms with Crippen molar-refractivity contribution < 1.29 is 14.3 Å². The predicted molar refractivity (Wildman–Crippen MR) is 89.6 cm³/mol. The summed E-state index contributed by atoms with van der Waals surface area (Å²) in [4.78, 5) is 25.3. The molecule has 0 aliphatic carbocycles. The van der Waals surface area contributed by atoms with Crippen LogP contribution >= 0.6 is 11.6 Å². The van der Waals surface area contributed by atoms with Crippen molar-refractivity contribution in [2.45, 2.75) is 38.2 Å². The minimum atomic E-state index is -0.0356. The molecule has 0 bridgehead atoms. The van der Waals surface area contributed by atoms with Crippen LogP contribution < -0.4 is 10.1 Å². The van der Waals surface area contributed by atoms with Crippen LogP contribution in [0.25, 0.3) is 0 Å². The first-order valence-electron chi connectivity index (χ1n) is 7.99. The summed E-state index contributed by atoms with van der Waals surface area (Å²) in [6.07, 6.45) is 3.14. The molecule has 6 heteroatoms. The zero-order valence-electron chi connectivity index (χ0n) is 13.4. The van der Waals surface area contributed by atoms with Crippen LogP contribution in [0.1, 0.15) is 32.1 Å². The normalized spacial score (nSPS) is 17.7. The Bertz CT molecular complexity index is 550. The molecule has 126 valence electrons. The number of amides is 2. The maximum absolute atomic E-state index is 12.2. The van der Waals surface area contributed by atoms with Crippen LogP contribution in [-0.4, -0.2) is 43.0 Å². The van der Waals surface area contributed by atoms with Crippen molar-refractivity contribution in [3.05, 3.63) is 29.3 Å². The molecule has 2 rings (SSSR count). The van der Waals surface area contributed by atoms with Gasteiger partial charge in [-0.05, 0) is 31.4 Å². The van der Waals surface area contributed by atoms with E-state index in [1.165, 1.54) is 0 Å². The molecule has 1 fully saturated rings. The summed E-state index contributed by atoms with van der Waals surface area (Å²) < 4.78 is 5.94. The number of benzene rings is 1. The molecule has 5 nitrogen and oxygen atoms in total. The maximum atomic E-state index is 12.2. The number of rotatable bonds is 6. The van der Waals surface area contributed by atoms with Gasteiger partial charge in [0.25, 0.3) is 0 Å². The molecule has 1 heterocycles. The number of piperidine rings is 1. The van der Waals surface area contributed by atoms with Gasteiger partial charge in [-0.3, -0.25) is 9.59 Å². The van der Waals surface area contributed by atoms with E-state index in [1.54, 1.807) is 13.1 Å². The van der Waals surface area contributed by atoms with E-state index in [2.05, 4.69) is 5.32 Å². The van der Waals surface area contributed by atoms with Crippen LogP contribution in [-0.2, 0) is 9.59 Å². The van der Waals surface area contributed by atoms with Gasteiger partial charge in [0.05, 0.1) is 11.6 Å². The largest absolute Gasteiger partial charge is 0.487 e. The van der Waals surface area contributed by atoms with Gasteiger partial charge >= 0.3 is 0 Å². The number of halogens is 1. The molecule has 0 spiro atoms. The van der Waals surface area contributed by atoms with Gasteiger partial charge in [0.2, 0.25) is 11.8 Å². The third-order valence-corrected chi connectivity index (χ3v) is 4.25. The van der Waals surface area contributed by atoms with Gasteiger partial charge in [0.1, 0.15) is 11.9 Å². The molecule has 1 aromatic rings. The Kier molecular flexibility index (Phi) is 6.71. The minimum absolute atomic E-state index is 0.0311. The Hall–Kier alpha value is -1.75. The molecule has 23 heavy (non-hydrogen) atoms. The Morgan fingerprint density at radius 3 is 2.87 bits per heavy atom. The molecule has 0 saturated carbocycles. The van der Waals surface area contributed by atoms with Crippen molar-refractivity contribution in [1.29, 1.82) is 0 Å². The summed E-state index contributed by atoms with van der Waals surface area (Å²) in [5.41, 5.74) is 0. The lowest BCUT2D eigenvalue weighted by molar-refractivity contribution is -0.134. The molecular weight excluding hydrogens is 316 g/mol. The quantitative estimate of drug-likeness (QED) is 0.867. The fraction of sp³-hybridized carbons (Fsp3) is 0.529. The Balaban J connectivity index is 1.82. The lowest BCUT2D eigenvalue weighted by Gasteiger charge is -2.33. The van der Waals surface area contributed by atoms with Crippen molar-refractivity contribution in [2.24, 2.45) is 0 Å². The van der Waals surface area contributed by atoms with E-state index in [0.29, 0.717) is 36.6 Å². The van der Waals surface area contributed by atoms with E-state index < -0.39 is 0 Å². The number of carbonyl (C=O) groups excluding carboxylic acids is 2. The van der Waals surface area contributed by atoms with Gasteiger partial charge in [-0.1, -0.05) is 23.7 Å². The van der Waals surface area contributed by atoms with Crippen molar-refractivity contribution in [3.63, 3.8) is 0 Å². The van der Waals surface area contributed by atoms with Crippen molar-refractivity contribution in [3.8, 4) is 5.75 Å². The smallest absolute Gasteiger partial charge is 0.222 e. The summed E-state index contributed by atoms with van der Waals surface area (Å²) in [6, 6.07) is 7.37. The van der Waals surface area contributed by atoms with Gasteiger partial charge in [-0.15, -0.1) is 0 Å². The van der Waals surface area contributed by atoms with Crippen LogP contribution in [0.4, 0.5) is 0 Å². The second-order valence-corrected chi connectivity index (χ2v) is 6.09. The van der Waals surface area contributed by atoms with Crippen molar-refractivity contribution in [2.75, 3.05) is 20.1 Å². The van der Waals surface area contributed by atoms with Gasteiger partial charge < -0.3 is 15.0 Å². The number of hydrogen-bond donors (Lipinski definition) is 1. The first-order valence-corrected chi connectivity index (χ1v) is 8.37. The number of hydrogen-bond acceptors (Lipinski definition) is 3. The summed E-state index contributed by atoms with van der Waals surface area (Å²) in [5.74, 6) is 0.714. The number of likely N-dealkylation sites (tertiary alicyclic amines) is 1. The minimum Gasteiger partial charge on any atom is -0.487 e. The first kappa shape index (κ1) is 17.6. The average molecular weight is 339 g/mol. The number of nitrogens with one attached hydrogen (secondary N) is 1. The van der Waals surface area contributed by atoms with Crippen LogP contribution in [0, 0.1) is 0 Å². The highest BCUT2D eigenvalue weighted by Gasteiger charge is 2.25. The SMILES string of the molecule is CNC(=O)CCCC(=O)N1CCC[C@@H](Oc2ccccc2Cl)C1. The van der Waals surface area contributed by atoms with E-state index in [9.17, 15) is 9.59 Å². The van der Waals surface area contributed by atoms with E-state index in [4.69, 9.17) is 16.3 Å². The second kappa shape index (κ2) is 8.77. The zero-order chi connectivity index (χ0) is 16.7. The third kappa shape index (κ3) is 5.43. The van der Waals surface area contributed by atoms with Gasteiger partial charge in [-0.2, -0.15) is 0 Å². The van der Waals surface area contributed by atoms with E-state index in [-0.39, 0.29) is 17.9 Å². The van der Waals surface area contributed by atoms with Crippen molar-refractivity contribution in [1.82, 2.24) is 10.2 Å². The lowest BCUT2D eigenvalue weighted by Crippen LogP contribution is -2.44. The highest BCUT2D eigenvalue weighted by molar-refractivity contribution is 6.32. The fourth-order valence-corrected chi connectivity index (χ4v) is 2.84. The monoisotopic (exact) mass is 338 g/mol. The zero-order valence-corrected chi connectivity index (χ0v) is 14.1. The summed E-state index contributed by atoms with van der Waals surface area (Å²) in [6.45, 7) is 1.32. The molecule has 1 N–H and O–H groups in total. The van der Waals surface area contributed by atoms with Gasteiger partial charge in [0, 0.05) is 26.4 Å². The third-order valence-electron chi connectivity index (χ3n) is 3.93.